The van der Waals surface area contributed by atoms with Crippen molar-refractivity contribution >= 4 is 16.8 Å². The van der Waals surface area contributed by atoms with E-state index in [1.807, 2.05) is 24.3 Å². The number of nitrogens with zero attached hydrogens (tertiary/aromatic N) is 2. The number of hydrogen-bond acceptors (Lipinski definition) is 3. The summed E-state index contributed by atoms with van der Waals surface area (Å²) in [6, 6.07) is 17.4. The summed E-state index contributed by atoms with van der Waals surface area (Å²) < 4.78 is 1.34. The van der Waals surface area contributed by atoms with E-state index in [-0.39, 0.29) is 24.1 Å². The summed E-state index contributed by atoms with van der Waals surface area (Å²) in [5.74, 6) is -0.202. The van der Waals surface area contributed by atoms with E-state index >= 15 is 0 Å². The van der Waals surface area contributed by atoms with Crippen LogP contribution in [0.2, 0.25) is 0 Å². The molecular formula is C20H23N4O2+. The average molecular weight is 351 g/mol. The summed E-state index contributed by atoms with van der Waals surface area (Å²) in [5, 5.41) is 3.46. The highest BCUT2D eigenvalue weighted by atomic mass is 16.2. The summed E-state index contributed by atoms with van der Waals surface area (Å²) in [7, 11) is 4.11. The van der Waals surface area contributed by atoms with E-state index in [1.54, 1.807) is 18.2 Å². The third kappa shape index (κ3) is 3.97. The van der Waals surface area contributed by atoms with E-state index in [9.17, 15) is 9.59 Å². The van der Waals surface area contributed by atoms with Gasteiger partial charge in [-0.3, -0.25) is 14.2 Å². The van der Waals surface area contributed by atoms with Crippen LogP contribution in [-0.4, -0.2) is 36.1 Å². The molecule has 1 aromatic heterocycles. The van der Waals surface area contributed by atoms with Crippen molar-refractivity contribution in [2.24, 2.45) is 0 Å². The van der Waals surface area contributed by atoms with Crippen LogP contribution in [0.15, 0.2) is 65.7 Å². The SMILES string of the molecule is C[NH+](C)[C@H](CNC(=O)Cn1cnc2ccccc2c1=O)c1ccccc1. The first-order chi connectivity index (χ1) is 12.6. The Labute approximate surface area is 152 Å². The Morgan fingerprint density at radius 3 is 2.54 bits per heavy atom. The number of fused-ring (bicyclic) bond motifs is 1. The van der Waals surface area contributed by atoms with E-state index < -0.39 is 0 Å². The molecule has 0 bridgehead atoms. The lowest BCUT2D eigenvalue weighted by Crippen LogP contribution is -3.07. The first-order valence-electron chi connectivity index (χ1n) is 8.62. The zero-order valence-electron chi connectivity index (χ0n) is 15.0. The van der Waals surface area contributed by atoms with E-state index in [0.717, 1.165) is 5.56 Å². The molecule has 0 aliphatic carbocycles. The highest BCUT2D eigenvalue weighted by molar-refractivity contribution is 5.78. The lowest BCUT2D eigenvalue weighted by Gasteiger charge is -2.22. The van der Waals surface area contributed by atoms with Crippen LogP contribution in [0.3, 0.4) is 0 Å². The predicted molar refractivity (Wildman–Crippen MR) is 101 cm³/mol. The van der Waals surface area contributed by atoms with Crippen LogP contribution in [-0.2, 0) is 11.3 Å². The number of benzene rings is 2. The number of aromatic nitrogens is 2. The molecule has 1 heterocycles. The summed E-state index contributed by atoms with van der Waals surface area (Å²) in [5.41, 5.74) is 1.59. The van der Waals surface area contributed by atoms with Gasteiger partial charge in [0.1, 0.15) is 12.6 Å². The van der Waals surface area contributed by atoms with Crippen LogP contribution < -0.4 is 15.8 Å². The Hall–Kier alpha value is -2.99. The quantitative estimate of drug-likeness (QED) is 0.675. The number of carbonyl (C=O) groups is 1. The molecule has 0 unspecified atom stereocenters. The Bertz CT molecular complexity index is 951. The van der Waals surface area contributed by atoms with E-state index in [4.69, 9.17) is 0 Å². The standard InChI is InChI=1S/C20H22N4O2/c1-23(2)18(15-8-4-3-5-9-15)12-21-19(25)13-24-14-22-17-11-7-6-10-16(17)20(24)26/h3-11,14,18H,12-13H2,1-2H3,(H,21,25)/p+1/t18-/m1/s1. The molecule has 3 rings (SSSR count). The topological polar surface area (TPSA) is 68.4 Å². The van der Waals surface area contributed by atoms with Gasteiger partial charge in [0.15, 0.2) is 0 Å². The molecule has 0 aliphatic heterocycles. The third-order valence-electron chi connectivity index (χ3n) is 4.45. The average Bonchev–Trinajstić information content (AvgIpc) is 2.65. The number of amides is 1. The van der Waals surface area contributed by atoms with Crippen molar-refractivity contribution in [1.82, 2.24) is 14.9 Å². The maximum Gasteiger partial charge on any atom is 0.261 e. The first kappa shape index (κ1) is 17.8. The van der Waals surface area contributed by atoms with Crippen molar-refractivity contribution in [3.05, 3.63) is 76.8 Å². The van der Waals surface area contributed by atoms with E-state index in [0.29, 0.717) is 17.4 Å². The smallest absolute Gasteiger partial charge is 0.261 e. The molecule has 3 aromatic rings. The van der Waals surface area contributed by atoms with Gasteiger partial charge in [0.05, 0.1) is 37.9 Å². The van der Waals surface area contributed by atoms with Gasteiger partial charge in [0, 0.05) is 5.56 Å². The minimum atomic E-state index is -0.205. The summed E-state index contributed by atoms with van der Waals surface area (Å²) in [6.07, 6.45) is 1.43. The van der Waals surface area contributed by atoms with Gasteiger partial charge in [-0.05, 0) is 12.1 Å². The molecule has 2 N–H and O–H groups in total. The molecule has 1 amide bonds. The van der Waals surface area contributed by atoms with Crippen LogP contribution in [0.25, 0.3) is 10.9 Å². The van der Waals surface area contributed by atoms with Crippen molar-refractivity contribution in [2.75, 3.05) is 20.6 Å². The van der Waals surface area contributed by atoms with Crippen molar-refractivity contribution < 1.29 is 9.69 Å². The molecule has 0 aliphatic rings. The summed E-state index contributed by atoms with van der Waals surface area (Å²) in [4.78, 5) is 30.3. The first-order valence-corrected chi connectivity index (χ1v) is 8.62. The Kier molecular flexibility index (Phi) is 5.43. The van der Waals surface area contributed by atoms with Crippen molar-refractivity contribution in [2.45, 2.75) is 12.6 Å². The van der Waals surface area contributed by atoms with Crippen LogP contribution in [0, 0.1) is 0 Å². The molecule has 2 aromatic carbocycles. The normalized spacial score (nSPS) is 12.3. The molecule has 6 heteroatoms. The van der Waals surface area contributed by atoms with E-state index in [1.165, 1.54) is 15.8 Å². The third-order valence-corrected chi connectivity index (χ3v) is 4.45. The molecule has 0 fully saturated rings. The van der Waals surface area contributed by atoms with E-state index in [2.05, 4.69) is 36.5 Å². The highest BCUT2D eigenvalue weighted by Gasteiger charge is 2.18. The monoisotopic (exact) mass is 351 g/mol. The molecule has 0 saturated carbocycles. The zero-order chi connectivity index (χ0) is 18.5. The second kappa shape index (κ2) is 7.93. The van der Waals surface area contributed by atoms with Gasteiger partial charge in [-0.15, -0.1) is 0 Å². The second-order valence-corrected chi connectivity index (χ2v) is 6.54. The molecule has 0 spiro atoms. The van der Waals surface area contributed by atoms with Gasteiger partial charge in [0.25, 0.3) is 5.56 Å². The highest BCUT2D eigenvalue weighted by Crippen LogP contribution is 2.08. The predicted octanol–water partition coefficient (Wildman–Crippen LogP) is 0.399. The maximum absolute atomic E-state index is 12.5. The maximum atomic E-state index is 12.5. The number of nitrogens with one attached hydrogen (secondary N) is 2. The number of carbonyl (C=O) groups excluding carboxylic acids is 1. The Morgan fingerprint density at radius 2 is 1.81 bits per heavy atom. The summed E-state index contributed by atoms with van der Waals surface area (Å²) in [6.45, 7) is 0.460. The van der Waals surface area contributed by atoms with Gasteiger partial charge in [-0.25, -0.2) is 4.98 Å². The minimum absolute atomic E-state index is 0.0407. The number of para-hydroxylation sites is 1. The molecule has 6 nitrogen and oxygen atoms in total. The molecule has 1 atom stereocenters. The van der Waals surface area contributed by atoms with Crippen LogP contribution in [0.5, 0.6) is 0 Å². The van der Waals surface area contributed by atoms with Gasteiger partial charge in [0.2, 0.25) is 5.91 Å². The number of rotatable bonds is 6. The molecule has 0 radical (unpaired) electrons. The molecule has 0 saturated heterocycles. The summed E-state index contributed by atoms with van der Waals surface area (Å²) >= 11 is 0. The van der Waals surface area contributed by atoms with Gasteiger partial charge in [-0.2, -0.15) is 0 Å². The van der Waals surface area contributed by atoms with Crippen molar-refractivity contribution in [3.63, 3.8) is 0 Å². The fourth-order valence-corrected chi connectivity index (χ4v) is 2.99. The van der Waals surface area contributed by atoms with Crippen LogP contribution in [0.4, 0.5) is 0 Å². The van der Waals surface area contributed by atoms with Crippen molar-refractivity contribution in [1.29, 1.82) is 0 Å². The molecular weight excluding hydrogens is 328 g/mol. The zero-order valence-corrected chi connectivity index (χ0v) is 15.0. The van der Waals surface area contributed by atoms with Gasteiger partial charge >= 0.3 is 0 Å². The lowest BCUT2D eigenvalue weighted by atomic mass is 10.1. The van der Waals surface area contributed by atoms with Gasteiger partial charge in [-0.1, -0.05) is 42.5 Å². The Balaban J connectivity index is 1.69. The van der Waals surface area contributed by atoms with Gasteiger partial charge < -0.3 is 10.2 Å². The largest absolute Gasteiger partial charge is 0.348 e. The minimum Gasteiger partial charge on any atom is -0.348 e. The molecule has 134 valence electrons. The number of quaternary nitrogens is 1. The van der Waals surface area contributed by atoms with Crippen LogP contribution >= 0.6 is 0 Å². The second-order valence-electron chi connectivity index (χ2n) is 6.54. The molecule has 26 heavy (non-hydrogen) atoms. The van der Waals surface area contributed by atoms with Crippen LogP contribution in [0.1, 0.15) is 11.6 Å². The fourth-order valence-electron chi connectivity index (χ4n) is 2.99. The number of likely N-dealkylation sites (N-methyl/N-ethyl adjacent to an activating group) is 1. The Morgan fingerprint density at radius 1 is 1.12 bits per heavy atom. The fraction of sp³-hybridized carbons (Fsp3) is 0.250. The number of hydrogen-bond donors (Lipinski definition) is 2. The van der Waals surface area contributed by atoms with Crippen molar-refractivity contribution in [3.8, 4) is 0 Å². The lowest BCUT2D eigenvalue weighted by molar-refractivity contribution is -0.890.